The normalized spacial score (nSPS) is 11.8. The molecule has 0 aliphatic rings. The zero-order valence-corrected chi connectivity index (χ0v) is 22.8. The number of aliphatic hydroxyl groups excluding tert-OH is 1. The molecule has 0 unspecified atom stereocenters. The Labute approximate surface area is 233 Å². The number of carbonyl (C=O) groups is 1. The van der Waals surface area contributed by atoms with Gasteiger partial charge in [0, 0.05) is 35.5 Å². The van der Waals surface area contributed by atoms with Crippen LogP contribution in [0.3, 0.4) is 0 Å². The number of amides is 1. The van der Waals surface area contributed by atoms with Crippen LogP contribution in [-0.2, 0) is 18.4 Å². The molecule has 0 saturated carbocycles. The van der Waals surface area contributed by atoms with Crippen molar-refractivity contribution in [3.63, 3.8) is 0 Å². The first-order chi connectivity index (χ1) is 19.0. The Morgan fingerprint density at radius 1 is 1.12 bits per heavy atom. The van der Waals surface area contributed by atoms with Crippen molar-refractivity contribution in [2.45, 2.75) is 39.2 Å². The van der Waals surface area contributed by atoms with E-state index in [4.69, 9.17) is 17.3 Å². The molecule has 2 aromatic carbocycles. The van der Waals surface area contributed by atoms with E-state index in [-0.39, 0.29) is 34.0 Å². The summed E-state index contributed by atoms with van der Waals surface area (Å²) >= 11 is 5.93. The number of pyridine rings is 1. The largest absolute Gasteiger partial charge is 0.392 e. The van der Waals surface area contributed by atoms with E-state index < -0.39 is 23.9 Å². The summed E-state index contributed by atoms with van der Waals surface area (Å²) < 4.78 is 17.7. The van der Waals surface area contributed by atoms with Crippen LogP contribution in [0.2, 0.25) is 5.02 Å². The van der Waals surface area contributed by atoms with Crippen molar-refractivity contribution in [1.82, 2.24) is 24.5 Å². The van der Waals surface area contributed by atoms with Crippen molar-refractivity contribution in [2.24, 2.45) is 5.73 Å². The number of rotatable bonds is 6. The lowest BCUT2D eigenvalue weighted by Crippen LogP contribution is -2.24. The Morgan fingerprint density at radius 3 is 2.52 bits per heavy atom. The summed E-state index contributed by atoms with van der Waals surface area (Å²) in [5.41, 5.74) is 7.45. The van der Waals surface area contributed by atoms with Gasteiger partial charge in [-0.2, -0.15) is 14.9 Å². The number of fused-ring (bicyclic) bond motifs is 1. The van der Waals surface area contributed by atoms with Crippen LogP contribution in [-0.4, -0.2) is 35.6 Å². The minimum atomic E-state index is -0.686. The quantitative estimate of drug-likeness (QED) is 0.320. The molecule has 0 atom stereocenters. The molecule has 0 saturated heterocycles. The van der Waals surface area contributed by atoms with Crippen LogP contribution in [0.25, 0.3) is 22.1 Å². The molecule has 3 heterocycles. The van der Waals surface area contributed by atoms with Gasteiger partial charge < -0.3 is 10.8 Å². The predicted octanol–water partition coefficient (Wildman–Crippen LogP) is 4.24. The maximum absolute atomic E-state index is 15.2. The van der Waals surface area contributed by atoms with E-state index in [2.05, 4.69) is 15.2 Å². The molecule has 3 N–H and O–H groups in total. The van der Waals surface area contributed by atoms with Gasteiger partial charge in [-0.1, -0.05) is 38.4 Å². The van der Waals surface area contributed by atoms with Crippen LogP contribution in [0.5, 0.6) is 0 Å². The number of primary amides is 1. The predicted molar refractivity (Wildman–Crippen MR) is 150 cm³/mol. The fraction of sp³-hybridized carbons (Fsp3) is 0.207. The molecule has 40 heavy (non-hydrogen) atoms. The zero-order valence-electron chi connectivity index (χ0n) is 22.0. The highest BCUT2D eigenvalue weighted by Crippen LogP contribution is 2.28. The van der Waals surface area contributed by atoms with Crippen molar-refractivity contribution in [1.29, 1.82) is 0 Å². The standard InChI is InChI=1S/C29H26ClFN6O3/c1-29(2,3)17-9-16-12-34-37(28(40)26(16)22(31)10-17)25-6-4-5-24(21(25)15-38)36-14-20(27(32)39)23(35-36)11-19-8-7-18(30)13-33-19/h4-10,12-14,38H,11,15H2,1-3H3,(H2,32,39). The Bertz CT molecular complexity index is 1820. The number of nitrogens with zero attached hydrogens (tertiary/aromatic N) is 5. The minimum Gasteiger partial charge on any atom is -0.392 e. The Kier molecular flexibility index (Phi) is 6.99. The molecule has 11 heteroatoms. The first-order valence-electron chi connectivity index (χ1n) is 12.4. The van der Waals surface area contributed by atoms with Gasteiger partial charge in [0.15, 0.2) is 0 Å². The molecule has 9 nitrogen and oxygen atoms in total. The molecular formula is C29H26ClFN6O3. The Morgan fingerprint density at radius 2 is 1.88 bits per heavy atom. The van der Waals surface area contributed by atoms with Crippen LogP contribution in [0.4, 0.5) is 4.39 Å². The second-order valence-corrected chi connectivity index (χ2v) is 10.8. The van der Waals surface area contributed by atoms with E-state index in [1.807, 2.05) is 20.8 Å². The van der Waals surface area contributed by atoms with Crippen LogP contribution >= 0.6 is 11.6 Å². The average Bonchev–Trinajstić information content (AvgIpc) is 3.33. The summed E-state index contributed by atoms with van der Waals surface area (Å²) in [5.74, 6) is -1.33. The van der Waals surface area contributed by atoms with Crippen LogP contribution in [0.15, 0.2) is 65.8 Å². The minimum absolute atomic E-state index is 0.106. The molecule has 0 bridgehead atoms. The van der Waals surface area contributed by atoms with E-state index in [1.165, 1.54) is 29.3 Å². The summed E-state index contributed by atoms with van der Waals surface area (Å²) in [6.07, 6.45) is 4.58. The van der Waals surface area contributed by atoms with E-state index >= 15 is 4.39 Å². The summed E-state index contributed by atoms with van der Waals surface area (Å²) in [7, 11) is 0. The topological polar surface area (TPSA) is 129 Å². The third kappa shape index (κ3) is 4.99. The monoisotopic (exact) mass is 560 g/mol. The molecule has 5 aromatic rings. The maximum Gasteiger partial charge on any atom is 0.282 e. The molecule has 1 amide bonds. The first-order valence-corrected chi connectivity index (χ1v) is 12.8. The fourth-order valence-corrected chi connectivity index (χ4v) is 4.64. The molecule has 0 spiro atoms. The van der Waals surface area contributed by atoms with Crippen LogP contribution < -0.4 is 11.3 Å². The van der Waals surface area contributed by atoms with Crippen LogP contribution in [0.1, 0.15) is 53.6 Å². The van der Waals surface area contributed by atoms with Gasteiger partial charge in [-0.3, -0.25) is 14.6 Å². The molecule has 204 valence electrons. The van der Waals surface area contributed by atoms with Crippen molar-refractivity contribution in [3.05, 3.63) is 110 Å². The number of carbonyl (C=O) groups excluding carboxylic acids is 1. The molecule has 5 rings (SSSR count). The van der Waals surface area contributed by atoms with Crippen molar-refractivity contribution >= 4 is 28.3 Å². The van der Waals surface area contributed by atoms with Crippen molar-refractivity contribution in [2.75, 3.05) is 0 Å². The van der Waals surface area contributed by atoms with Crippen LogP contribution in [0, 0.1) is 5.82 Å². The Hall–Kier alpha value is -4.41. The van der Waals surface area contributed by atoms with Gasteiger partial charge in [-0.25, -0.2) is 9.07 Å². The van der Waals surface area contributed by atoms with Crippen molar-refractivity contribution in [3.8, 4) is 11.4 Å². The molecule has 3 aromatic heterocycles. The molecule has 0 aliphatic carbocycles. The van der Waals surface area contributed by atoms with Crippen molar-refractivity contribution < 1.29 is 14.3 Å². The summed E-state index contributed by atoms with van der Waals surface area (Å²) in [4.78, 5) is 30.0. The Balaban J connectivity index is 1.63. The van der Waals surface area contributed by atoms with Gasteiger partial charge in [0.2, 0.25) is 0 Å². The lowest BCUT2D eigenvalue weighted by Gasteiger charge is -2.20. The SMILES string of the molecule is CC(C)(C)c1cc(F)c2c(=O)n(-c3cccc(-n4cc(C(N)=O)c(Cc5ccc(Cl)cn5)n4)c3CO)ncc2c1. The smallest absolute Gasteiger partial charge is 0.282 e. The molecule has 0 radical (unpaired) electrons. The lowest BCUT2D eigenvalue weighted by molar-refractivity contribution is 0.0999. The molecular weight excluding hydrogens is 535 g/mol. The number of nitrogens with two attached hydrogens (primary N) is 1. The summed E-state index contributed by atoms with van der Waals surface area (Å²) in [6, 6.07) is 11.4. The van der Waals surface area contributed by atoms with Gasteiger partial charge in [-0.05, 0) is 47.4 Å². The number of benzene rings is 2. The molecule has 0 aliphatic heterocycles. The number of hydrogen-bond acceptors (Lipinski definition) is 6. The third-order valence-corrected chi connectivity index (χ3v) is 6.88. The van der Waals surface area contributed by atoms with E-state index in [0.29, 0.717) is 27.5 Å². The van der Waals surface area contributed by atoms with Gasteiger partial charge >= 0.3 is 0 Å². The first kappa shape index (κ1) is 27.2. The molecule has 0 fully saturated rings. The summed E-state index contributed by atoms with van der Waals surface area (Å²) in [5, 5.41) is 20.0. The second-order valence-electron chi connectivity index (χ2n) is 10.4. The summed E-state index contributed by atoms with van der Waals surface area (Å²) in [6.45, 7) is 5.37. The third-order valence-electron chi connectivity index (χ3n) is 6.66. The number of halogens is 2. The van der Waals surface area contributed by atoms with Gasteiger partial charge in [0.1, 0.15) is 5.82 Å². The number of aromatic nitrogens is 5. The van der Waals surface area contributed by atoms with E-state index in [1.54, 1.807) is 36.4 Å². The fourth-order valence-electron chi connectivity index (χ4n) is 4.53. The van der Waals surface area contributed by atoms with E-state index in [0.717, 1.165) is 10.2 Å². The maximum atomic E-state index is 15.2. The van der Waals surface area contributed by atoms with E-state index in [9.17, 15) is 14.7 Å². The number of aliphatic hydroxyl groups is 1. The average molecular weight is 561 g/mol. The highest BCUT2D eigenvalue weighted by Gasteiger charge is 2.22. The lowest BCUT2D eigenvalue weighted by atomic mass is 9.86. The highest BCUT2D eigenvalue weighted by molar-refractivity contribution is 6.30. The van der Waals surface area contributed by atoms with Gasteiger partial charge in [0.05, 0.1) is 45.8 Å². The van der Waals surface area contributed by atoms with Gasteiger partial charge in [-0.15, -0.1) is 0 Å². The highest BCUT2D eigenvalue weighted by atomic mass is 35.5. The zero-order chi connectivity index (χ0) is 28.8. The number of hydrogen-bond donors (Lipinski definition) is 2. The second kappa shape index (κ2) is 10.3. The van der Waals surface area contributed by atoms with Gasteiger partial charge in [0.25, 0.3) is 11.5 Å².